The molecule has 0 aromatic rings. The first-order valence-electron chi connectivity index (χ1n) is 6.33. The molecular formula is C12H25NO2. The molecule has 1 saturated carbocycles. The monoisotopic (exact) mass is 215 g/mol. The van der Waals surface area contributed by atoms with Crippen molar-refractivity contribution in [1.29, 1.82) is 0 Å². The van der Waals surface area contributed by atoms with Crippen LogP contribution in [0.1, 0.15) is 39.0 Å². The highest BCUT2D eigenvalue weighted by Crippen LogP contribution is 2.21. The average Bonchev–Trinajstić information content (AvgIpc) is 2.18. The zero-order valence-electron chi connectivity index (χ0n) is 9.96. The lowest BCUT2D eigenvalue weighted by molar-refractivity contribution is 0.00377. The molecule has 0 aliphatic heterocycles. The van der Waals surface area contributed by atoms with E-state index in [9.17, 15) is 0 Å². The van der Waals surface area contributed by atoms with Crippen LogP contribution >= 0.6 is 0 Å². The third-order valence-electron chi connectivity index (χ3n) is 2.75. The summed E-state index contributed by atoms with van der Waals surface area (Å²) in [6.45, 7) is 6.64. The van der Waals surface area contributed by atoms with Gasteiger partial charge in [0.1, 0.15) is 0 Å². The average molecular weight is 215 g/mol. The van der Waals surface area contributed by atoms with Crippen LogP contribution in [0.25, 0.3) is 0 Å². The summed E-state index contributed by atoms with van der Waals surface area (Å²) < 4.78 is 11.1. The minimum atomic E-state index is 0.563. The molecule has 0 amide bonds. The van der Waals surface area contributed by atoms with Crippen molar-refractivity contribution < 1.29 is 9.47 Å². The van der Waals surface area contributed by atoms with Crippen LogP contribution in [0.2, 0.25) is 0 Å². The Morgan fingerprint density at radius 2 is 1.93 bits per heavy atom. The number of ether oxygens (including phenoxy) is 2. The first kappa shape index (κ1) is 12.9. The Morgan fingerprint density at radius 1 is 1.13 bits per heavy atom. The summed E-state index contributed by atoms with van der Waals surface area (Å²) in [5.74, 6) is 0. The van der Waals surface area contributed by atoms with Crippen LogP contribution in [0.15, 0.2) is 0 Å². The molecule has 1 aliphatic carbocycles. The van der Waals surface area contributed by atoms with Gasteiger partial charge in [0.15, 0.2) is 0 Å². The van der Waals surface area contributed by atoms with E-state index in [1.54, 1.807) is 0 Å². The van der Waals surface area contributed by atoms with E-state index in [0.29, 0.717) is 6.10 Å². The van der Waals surface area contributed by atoms with Gasteiger partial charge in [-0.2, -0.15) is 0 Å². The van der Waals surface area contributed by atoms with Crippen molar-refractivity contribution in [2.75, 3.05) is 32.9 Å². The van der Waals surface area contributed by atoms with E-state index in [4.69, 9.17) is 9.47 Å². The van der Waals surface area contributed by atoms with Gasteiger partial charge in [-0.15, -0.1) is 0 Å². The summed E-state index contributed by atoms with van der Waals surface area (Å²) in [4.78, 5) is 0. The lowest BCUT2D eigenvalue weighted by Crippen LogP contribution is -2.28. The van der Waals surface area contributed by atoms with Gasteiger partial charge in [0, 0.05) is 19.7 Å². The molecular weight excluding hydrogens is 190 g/mol. The number of unbranched alkanes of at least 4 members (excludes halogenated alkanes) is 1. The fourth-order valence-electron chi connectivity index (χ4n) is 1.45. The SMILES string of the molecule is CCCCOCCNCCOC1CCC1. The summed E-state index contributed by atoms with van der Waals surface area (Å²) in [6, 6.07) is 0. The van der Waals surface area contributed by atoms with Crippen LogP contribution in [0.4, 0.5) is 0 Å². The quantitative estimate of drug-likeness (QED) is 0.565. The van der Waals surface area contributed by atoms with Crippen molar-refractivity contribution in [3.8, 4) is 0 Å². The maximum Gasteiger partial charge on any atom is 0.0594 e. The summed E-state index contributed by atoms with van der Waals surface area (Å²) in [6.07, 6.45) is 6.82. The second-order valence-electron chi connectivity index (χ2n) is 4.14. The van der Waals surface area contributed by atoms with Crippen molar-refractivity contribution in [2.45, 2.75) is 45.1 Å². The van der Waals surface area contributed by atoms with Crippen molar-refractivity contribution in [3.05, 3.63) is 0 Å². The topological polar surface area (TPSA) is 30.5 Å². The van der Waals surface area contributed by atoms with E-state index >= 15 is 0 Å². The second-order valence-corrected chi connectivity index (χ2v) is 4.14. The molecule has 1 N–H and O–H groups in total. The molecule has 0 atom stereocenters. The lowest BCUT2D eigenvalue weighted by atomic mass is 9.96. The Balaban J connectivity index is 1.66. The predicted molar refractivity (Wildman–Crippen MR) is 62.2 cm³/mol. The van der Waals surface area contributed by atoms with Gasteiger partial charge in [0.05, 0.1) is 19.3 Å². The normalized spacial score (nSPS) is 16.6. The highest BCUT2D eigenvalue weighted by Gasteiger charge is 2.16. The van der Waals surface area contributed by atoms with Crippen LogP contribution in [-0.4, -0.2) is 39.0 Å². The van der Waals surface area contributed by atoms with E-state index < -0.39 is 0 Å². The molecule has 0 aromatic carbocycles. The molecule has 0 bridgehead atoms. The molecule has 1 fully saturated rings. The van der Waals surface area contributed by atoms with Gasteiger partial charge in [-0.3, -0.25) is 0 Å². The summed E-state index contributed by atoms with van der Waals surface area (Å²) in [5, 5.41) is 3.32. The molecule has 0 unspecified atom stereocenters. The van der Waals surface area contributed by atoms with Gasteiger partial charge in [0.25, 0.3) is 0 Å². The third-order valence-corrected chi connectivity index (χ3v) is 2.75. The number of nitrogens with one attached hydrogen (secondary N) is 1. The number of rotatable bonds is 10. The minimum Gasteiger partial charge on any atom is -0.380 e. The largest absolute Gasteiger partial charge is 0.380 e. The molecule has 3 heteroatoms. The zero-order chi connectivity index (χ0) is 10.8. The first-order chi connectivity index (χ1) is 7.43. The van der Waals surface area contributed by atoms with Crippen LogP contribution in [0.5, 0.6) is 0 Å². The molecule has 0 heterocycles. The Hall–Kier alpha value is -0.120. The Labute approximate surface area is 93.5 Å². The van der Waals surface area contributed by atoms with Gasteiger partial charge < -0.3 is 14.8 Å². The summed E-state index contributed by atoms with van der Waals surface area (Å²) >= 11 is 0. The second kappa shape index (κ2) is 9.13. The maximum absolute atomic E-state index is 5.62. The highest BCUT2D eigenvalue weighted by molar-refractivity contribution is 4.68. The van der Waals surface area contributed by atoms with Gasteiger partial charge >= 0.3 is 0 Å². The molecule has 1 aliphatic rings. The van der Waals surface area contributed by atoms with Gasteiger partial charge in [-0.25, -0.2) is 0 Å². The molecule has 3 nitrogen and oxygen atoms in total. The van der Waals surface area contributed by atoms with Crippen molar-refractivity contribution in [3.63, 3.8) is 0 Å². The van der Waals surface area contributed by atoms with Crippen LogP contribution in [-0.2, 0) is 9.47 Å². The minimum absolute atomic E-state index is 0.563. The van der Waals surface area contributed by atoms with E-state index in [-0.39, 0.29) is 0 Å². The molecule has 15 heavy (non-hydrogen) atoms. The predicted octanol–water partition coefficient (Wildman–Crippen LogP) is 1.96. The lowest BCUT2D eigenvalue weighted by Gasteiger charge is -2.25. The molecule has 0 saturated heterocycles. The maximum atomic E-state index is 5.62. The molecule has 0 radical (unpaired) electrons. The van der Waals surface area contributed by atoms with Crippen molar-refractivity contribution >= 4 is 0 Å². The fraction of sp³-hybridized carbons (Fsp3) is 1.00. The van der Waals surface area contributed by atoms with E-state index in [1.807, 2.05) is 0 Å². The van der Waals surface area contributed by atoms with Crippen LogP contribution < -0.4 is 5.32 Å². The Bertz CT molecular complexity index is 138. The molecule has 90 valence electrons. The number of hydrogen-bond donors (Lipinski definition) is 1. The zero-order valence-corrected chi connectivity index (χ0v) is 9.96. The van der Waals surface area contributed by atoms with Crippen LogP contribution in [0, 0.1) is 0 Å². The van der Waals surface area contributed by atoms with E-state index in [0.717, 1.165) is 32.9 Å². The van der Waals surface area contributed by atoms with Gasteiger partial charge in [-0.1, -0.05) is 13.3 Å². The molecule has 0 aromatic heterocycles. The van der Waals surface area contributed by atoms with Crippen molar-refractivity contribution in [2.24, 2.45) is 0 Å². The van der Waals surface area contributed by atoms with Crippen LogP contribution in [0.3, 0.4) is 0 Å². The highest BCUT2D eigenvalue weighted by atomic mass is 16.5. The fourth-order valence-corrected chi connectivity index (χ4v) is 1.45. The van der Waals surface area contributed by atoms with E-state index in [2.05, 4.69) is 12.2 Å². The first-order valence-corrected chi connectivity index (χ1v) is 6.33. The van der Waals surface area contributed by atoms with Gasteiger partial charge in [-0.05, 0) is 25.7 Å². The number of hydrogen-bond acceptors (Lipinski definition) is 3. The Morgan fingerprint density at radius 3 is 2.60 bits per heavy atom. The van der Waals surface area contributed by atoms with Gasteiger partial charge in [0.2, 0.25) is 0 Å². The third kappa shape index (κ3) is 6.88. The van der Waals surface area contributed by atoms with Crippen molar-refractivity contribution in [1.82, 2.24) is 5.32 Å². The smallest absolute Gasteiger partial charge is 0.0594 e. The summed E-state index contributed by atoms with van der Waals surface area (Å²) in [5.41, 5.74) is 0. The van der Waals surface area contributed by atoms with E-state index in [1.165, 1.54) is 32.1 Å². The molecule has 0 spiro atoms. The Kier molecular flexibility index (Phi) is 7.88. The molecule has 1 rings (SSSR count). The standard InChI is InChI=1S/C12H25NO2/c1-2-3-9-14-10-7-13-8-11-15-12-5-4-6-12/h12-13H,2-11H2,1H3. The summed E-state index contributed by atoms with van der Waals surface area (Å²) in [7, 11) is 0.